The molecule has 0 atom stereocenters. The zero-order valence-electron chi connectivity index (χ0n) is 14.2. The predicted octanol–water partition coefficient (Wildman–Crippen LogP) is 3.98. The van der Waals surface area contributed by atoms with Crippen molar-refractivity contribution < 1.29 is 9.59 Å². The molecule has 1 aromatic carbocycles. The van der Waals surface area contributed by atoms with E-state index in [1.54, 1.807) is 36.0 Å². The Balaban J connectivity index is 1.81. The van der Waals surface area contributed by atoms with Gasteiger partial charge in [0, 0.05) is 24.1 Å². The summed E-state index contributed by atoms with van der Waals surface area (Å²) >= 11 is 4.57. The highest BCUT2D eigenvalue weighted by Crippen LogP contribution is 2.29. The van der Waals surface area contributed by atoms with Crippen LogP contribution in [0.4, 0.5) is 11.4 Å². The van der Waals surface area contributed by atoms with Crippen molar-refractivity contribution >= 4 is 58.0 Å². The zero-order valence-corrected chi connectivity index (χ0v) is 16.7. The lowest BCUT2D eigenvalue weighted by Crippen LogP contribution is -2.14. The van der Waals surface area contributed by atoms with E-state index in [0.717, 1.165) is 14.4 Å². The van der Waals surface area contributed by atoms with Crippen LogP contribution in [0.3, 0.4) is 0 Å². The lowest BCUT2D eigenvalue weighted by atomic mass is 10.2. The van der Waals surface area contributed by atoms with E-state index in [1.165, 1.54) is 30.0 Å². The van der Waals surface area contributed by atoms with Crippen LogP contribution in [-0.2, 0) is 9.59 Å². The Morgan fingerprint density at radius 2 is 1.76 bits per heavy atom. The maximum Gasteiger partial charge on any atom is 0.234 e. The molecule has 0 radical (unpaired) electrons. The molecule has 0 aliphatic heterocycles. The maximum atomic E-state index is 12.1. The summed E-state index contributed by atoms with van der Waals surface area (Å²) in [7, 11) is 0. The lowest BCUT2D eigenvalue weighted by Gasteiger charge is -2.07. The van der Waals surface area contributed by atoms with Gasteiger partial charge in [-0.25, -0.2) is 0 Å². The third kappa shape index (κ3) is 7.45. The molecule has 0 unspecified atom stereocenters. The van der Waals surface area contributed by atoms with Gasteiger partial charge in [-0.3, -0.25) is 9.59 Å². The van der Waals surface area contributed by atoms with Crippen molar-refractivity contribution in [2.45, 2.75) is 29.5 Å². The summed E-state index contributed by atoms with van der Waals surface area (Å²) in [4.78, 5) is 23.1. The number of anilines is 2. The zero-order chi connectivity index (χ0) is 18.2. The van der Waals surface area contributed by atoms with Gasteiger partial charge in [0.05, 0.1) is 5.75 Å². The van der Waals surface area contributed by atoms with Crippen LogP contribution in [0, 0.1) is 5.92 Å². The number of hydrogen-bond acceptors (Lipinski definition) is 7. The first-order valence-electron chi connectivity index (χ1n) is 7.69. The first-order chi connectivity index (χ1) is 11.9. The number of carbonyl (C=O) groups excluding carboxylic acids is 2. The molecule has 2 rings (SSSR count). The predicted molar refractivity (Wildman–Crippen MR) is 106 cm³/mol. The molecule has 1 heterocycles. The third-order valence-corrected chi connectivity index (χ3v) is 6.34. The van der Waals surface area contributed by atoms with Gasteiger partial charge >= 0.3 is 0 Å². The van der Waals surface area contributed by atoms with E-state index in [1.807, 2.05) is 0 Å². The van der Waals surface area contributed by atoms with Crippen molar-refractivity contribution in [2.75, 3.05) is 22.1 Å². The fourth-order valence-corrected chi connectivity index (χ4v) is 4.55. The number of thioether (sulfide) groups is 2. The molecular weight excluding hydrogens is 376 g/mol. The maximum absolute atomic E-state index is 12.1. The van der Waals surface area contributed by atoms with Gasteiger partial charge in [0.25, 0.3) is 0 Å². The molecule has 0 saturated carbocycles. The van der Waals surface area contributed by atoms with Gasteiger partial charge in [-0.2, -0.15) is 0 Å². The first-order valence-corrected chi connectivity index (χ1v) is 10.5. The molecule has 25 heavy (non-hydrogen) atoms. The largest absolute Gasteiger partial charge is 0.326 e. The minimum atomic E-state index is -0.151. The molecule has 0 fully saturated rings. The van der Waals surface area contributed by atoms with Crippen molar-refractivity contribution in [3.63, 3.8) is 0 Å². The highest BCUT2D eigenvalue weighted by molar-refractivity contribution is 8.03. The number of benzene rings is 1. The van der Waals surface area contributed by atoms with Crippen molar-refractivity contribution in [3.8, 4) is 0 Å². The number of hydrogen-bond donors (Lipinski definition) is 2. The van der Waals surface area contributed by atoms with E-state index in [9.17, 15) is 9.59 Å². The van der Waals surface area contributed by atoms with Gasteiger partial charge in [0.15, 0.2) is 8.68 Å². The molecule has 0 aliphatic carbocycles. The Morgan fingerprint density at radius 1 is 1.12 bits per heavy atom. The molecule has 2 amide bonds. The topological polar surface area (TPSA) is 84.0 Å². The number of nitrogens with zero attached hydrogens (tertiary/aromatic N) is 2. The third-order valence-electron chi connectivity index (χ3n) is 2.72. The normalized spacial score (nSPS) is 10.7. The van der Waals surface area contributed by atoms with Crippen LogP contribution < -0.4 is 10.6 Å². The fourth-order valence-electron chi connectivity index (χ4n) is 1.75. The molecule has 0 aliphatic rings. The summed E-state index contributed by atoms with van der Waals surface area (Å²) in [6, 6.07) is 7.04. The average Bonchev–Trinajstić information content (AvgIpc) is 2.98. The van der Waals surface area contributed by atoms with Gasteiger partial charge in [-0.15, -0.1) is 10.2 Å². The Labute approximate surface area is 159 Å². The summed E-state index contributed by atoms with van der Waals surface area (Å²) in [5, 5.41) is 13.7. The summed E-state index contributed by atoms with van der Waals surface area (Å²) in [6.07, 6.45) is 0. The van der Waals surface area contributed by atoms with Crippen LogP contribution in [0.1, 0.15) is 20.8 Å². The Hall–Kier alpha value is -1.58. The molecule has 0 bridgehead atoms. The van der Waals surface area contributed by atoms with Crippen LogP contribution in [-0.4, -0.2) is 33.5 Å². The number of nitrogens with one attached hydrogen (secondary N) is 2. The van der Waals surface area contributed by atoms with E-state index in [4.69, 9.17) is 0 Å². The molecule has 9 heteroatoms. The monoisotopic (exact) mass is 396 g/mol. The van der Waals surface area contributed by atoms with Crippen molar-refractivity contribution in [1.82, 2.24) is 10.2 Å². The lowest BCUT2D eigenvalue weighted by molar-refractivity contribution is -0.114. The van der Waals surface area contributed by atoms with Crippen molar-refractivity contribution in [3.05, 3.63) is 24.3 Å². The van der Waals surface area contributed by atoms with Gasteiger partial charge in [0.1, 0.15) is 0 Å². The molecule has 2 aromatic rings. The minimum Gasteiger partial charge on any atom is -0.326 e. The molecular formula is C16H20N4O2S3. The van der Waals surface area contributed by atoms with Gasteiger partial charge < -0.3 is 10.6 Å². The highest BCUT2D eigenvalue weighted by Gasteiger charge is 2.10. The van der Waals surface area contributed by atoms with Crippen LogP contribution in [0.15, 0.2) is 32.9 Å². The van der Waals surface area contributed by atoms with Gasteiger partial charge in [0.2, 0.25) is 11.8 Å². The molecule has 2 N–H and O–H groups in total. The van der Waals surface area contributed by atoms with E-state index in [2.05, 4.69) is 34.7 Å². The van der Waals surface area contributed by atoms with E-state index in [0.29, 0.717) is 17.3 Å². The van der Waals surface area contributed by atoms with Crippen LogP contribution >= 0.6 is 34.9 Å². The molecule has 1 aromatic heterocycles. The van der Waals surface area contributed by atoms with Crippen LogP contribution in [0.5, 0.6) is 0 Å². The SMILES string of the molecule is CC(=O)Nc1cccc(NC(=O)CSc2nnc(SCC(C)C)s2)c1. The van der Waals surface area contributed by atoms with Gasteiger partial charge in [-0.1, -0.05) is 54.8 Å². The molecule has 0 saturated heterocycles. The summed E-state index contributed by atoms with van der Waals surface area (Å²) in [6.45, 7) is 5.77. The van der Waals surface area contributed by atoms with Crippen molar-refractivity contribution in [2.24, 2.45) is 5.92 Å². The van der Waals surface area contributed by atoms with Crippen molar-refractivity contribution in [1.29, 1.82) is 0 Å². The van der Waals surface area contributed by atoms with Gasteiger partial charge in [-0.05, 0) is 24.1 Å². The smallest absolute Gasteiger partial charge is 0.234 e. The summed E-state index contributed by atoms with van der Waals surface area (Å²) in [5.41, 5.74) is 1.29. The number of rotatable bonds is 8. The second-order valence-electron chi connectivity index (χ2n) is 5.64. The van der Waals surface area contributed by atoms with E-state index in [-0.39, 0.29) is 17.6 Å². The average molecular weight is 397 g/mol. The minimum absolute atomic E-state index is 0.128. The Bertz CT molecular complexity index is 734. The Morgan fingerprint density at radius 3 is 2.40 bits per heavy atom. The number of carbonyl (C=O) groups is 2. The number of aromatic nitrogens is 2. The molecule has 134 valence electrons. The summed E-state index contributed by atoms with van der Waals surface area (Å²) < 4.78 is 1.72. The number of amides is 2. The second kappa shape index (κ2) is 9.79. The highest BCUT2D eigenvalue weighted by atomic mass is 32.2. The second-order valence-corrected chi connectivity index (χ2v) is 9.10. The Kier molecular flexibility index (Phi) is 7.73. The molecule has 6 nitrogen and oxygen atoms in total. The summed E-state index contributed by atoms with van der Waals surface area (Å²) in [5.74, 6) is 1.58. The quantitative estimate of drug-likeness (QED) is 0.657. The fraction of sp³-hybridized carbons (Fsp3) is 0.375. The van der Waals surface area contributed by atoms with Crippen LogP contribution in [0.25, 0.3) is 0 Å². The van der Waals surface area contributed by atoms with E-state index >= 15 is 0 Å². The van der Waals surface area contributed by atoms with E-state index < -0.39 is 0 Å². The molecule has 0 spiro atoms. The standard InChI is InChI=1S/C16H20N4O2S3/c1-10(2)8-23-15-19-20-16(25-15)24-9-14(22)18-13-6-4-5-12(7-13)17-11(3)21/h4-7,10H,8-9H2,1-3H3,(H,17,21)(H,18,22). The first kappa shape index (κ1) is 19.7. The van der Waals surface area contributed by atoms with Crippen LogP contribution in [0.2, 0.25) is 0 Å².